The fourth-order valence-electron chi connectivity index (χ4n) is 1.89. The number of rotatable bonds is 3. The predicted molar refractivity (Wildman–Crippen MR) is 84.0 cm³/mol. The number of nitrogens with zero attached hydrogens (tertiary/aromatic N) is 1. The van der Waals surface area contributed by atoms with Crippen LogP contribution in [0.3, 0.4) is 0 Å². The molecule has 1 heterocycles. The van der Waals surface area contributed by atoms with E-state index in [9.17, 15) is 9.18 Å². The average Bonchev–Trinajstić information content (AvgIpc) is 3.00. The Morgan fingerprint density at radius 2 is 1.91 bits per heavy atom. The first-order valence-electron chi connectivity index (χ1n) is 6.41. The van der Waals surface area contributed by atoms with Gasteiger partial charge in [-0.3, -0.25) is 4.79 Å². The molecule has 1 N–H and O–H groups in total. The van der Waals surface area contributed by atoms with Crippen molar-refractivity contribution in [3.63, 3.8) is 0 Å². The zero-order valence-corrected chi connectivity index (χ0v) is 12.8. The van der Waals surface area contributed by atoms with E-state index in [-0.39, 0.29) is 11.6 Å². The van der Waals surface area contributed by atoms with Gasteiger partial charge in [-0.25, -0.2) is 4.39 Å². The van der Waals surface area contributed by atoms with Gasteiger partial charge in [-0.05, 0) is 36.4 Å². The molecule has 110 valence electrons. The minimum Gasteiger partial charge on any atom is -0.350 e. The van der Waals surface area contributed by atoms with E-state index in [4.69, 9.17) is 4.52 Å². The molecule has 4 nitrogen and oxygen atoms in total. The summed E-state index contributed by atoms with van der Waals surface area (Å²) < 4.78 is 19.1. The monoisotopic (exact) mass is 360 g/mol. The van der Waals surface area contributed by atoms with Gasteiger partial charge in [0.1, 0.15) is 11.5 Å². The third kappa shape index (κ3) is 3.23. The minimum absolute atomic E-state index is 0.0576. The molecule has 6 heteroatoms. The number of benzene rings is 2. The number of halogens is 2. The van der Waals surface area contributed by atoms with Gasteiger partial charge in [0.05, 0.1) is 0 Å². The second kappa shape index (κ2) is 6.11. The van der Waals surface area contributed by atoms with Crippen LogP contribution < -0.4 is 5.32 Å². The van der Waals surface area contributed by atoms with E-state index in [1.807, 2.05) is 12.1 Å². The van der Waals surface area contributed by atoms with E-state index < -0.39 is 5.91 Å². The number of nitrogens with one attached hydrogen (secondary N) is 1. The van der Waals surface area contributed by atoms with E-state index >= 15 is 0 Å². The van der Waals surface area contributed by atoms with Crippen LogP contribution in [0.1, 0.15) is 10.6 Å². The predicted octanol–water partition coefficient (Wildman–Crippen LogP) is 4.50. The molecular formula is C16H10BrFN2O2. The second-order valence-electron chi connectivity index (χ2n) is 4.55. The SMILES string of the molecule is O=C(Nc1ccc(Br)cc1)c1cc(-c2cccc(F)c2)no1. The van der Waals surface area contributed by atoms with Crippen LogP contribution >= 0.6 is 15.9 Å². The maximum absolute atomic E-state index is 13.2. The topological polar surface area (TPSA) is 55.1 Å². The lowest BCUT2D eigenvalue weighted by atomic mass is 10.1. The molecule has 2 aromatic carbocycles. The normalized spacial score (nSPS) is 10.5. The zero-order chi connectivity index (χ0) is 15.5. The number of carbonyl (C=O) groups excluding carboxylic acids is 1. The molecule has 0 atom stereocenters. The summed E-state index contributed by atoms with van der Waals surface area (Å²) in [6, 6.07) is 14.5. The molecule has 0 bridgehead atoms. The summed E-state index contributed by atoms with van der Waals surface area (Å²) >= 11 is 3.32. The van der Waals surface area contributed by atoms with Gasteiger partial charge in [0.15, 0.2) is 0 Å². The summed E-state index contributed by atoms with van der Waals surface area (Å²) in [5.74, 6) is -0.735. The van der Waals surface area contributed by atoms with Gasteiger partial charge in [-0.1, -0.05) is 33.2 Å². The van der Waals surface area contributed by atoms with Crippen LogP contribution in [-0.2, 0) is 0 Å². The Morgan fingerprint density at radius 3 is 2.64 bits per heavy atom. The Morgan fingerprint density at radius 1 is 1.14 bits per heavy atom. The number of carbonyl (C=O) groups is 1. The third-order valence-corrected chi connectivity index (χ3v) is 3.49. The number of aromatic nitrogens is 1. The fourth-order valence-corrected chi connectivity index (χ4v) is 2.16. The molecule has 0 radical (unpaired) electrons. The molecule has 0 aliphatic rings. The van der Waals surface area contributed by atoms with Gasteiger partial charge in [0.2, 0.25) is 5.76 Å². The van der Waals surface area contributed by atoms with E-state index in [1.54, 1.807) is 24.3 Å². The minimum atomic E-state index is -0.419. The molecule has 0 spiro atoms. The van der Waals surface area contributed by atoms with Crippen molar-refractivity contribution in [2.24, 2.45) is 0 Å². The largest absolute Gasteiger partial charge is 0.350 e. The Hall–Kier alpha value is -2.47. The Labute approximate surface area is 134 Å². The summed E-state index contributed by atoms with van der Waals surface area (Å²) in [6.07, 6.45) is 0. The molecule has 0 saturated heterocycles. The van der Waals surface area contributed by atoms with Crippen molar-refractivity contribution >= 4 is 27.5 Å². The van der Waals surface area contributed by atoms with Crippen molar-refractivity contribution in [2.45, 2.75) is 0 Å². The highest BCUT2D eigenvalue weighted by molar-refractivity contribution is 9.10. The first-order valence-corrected chi connectivity index (χ1v) is 7.21. The lowest BCUT2D eigenvalue weighted by Gasteiger charge is -2.01. The van der Waals surface area contributed by atoms with Crippen LogP contribution in [0, 0.1) is 5.82 Å². The molecular weight excluding hydrogens is 351 g/mol. The first-order chi connectivity index (χ1) is 10.6. The molecule has 22 heavy (non-hydrogen) atoms. The fraction of sp³-hybridized carbons (Fsp3) is 0. The highest BCUT2D eigenvalue weighted by atomic mass is 79.9. The zero-order valence-electron chi connectivity index (χ0n) is 11.2. The smallest absolute Gasteiger partial charge is 0.294 e. The van der Waals surface area contributed by atoms with Gasteiger partial charge in [-0.2, -0.15) is 0 Å². The van der Waals surface area contributed by atoms with E-state index in [1.165, 1.54) is 18.2 Å². The van der Waals surface area contributed by atoms with Crippen LogP contribution in [0.4, 0.5) is 10.1 Å². The molecule has 0 aliphatic heterocycles. The maximum atomic E-state index is 13.2. The Bertz CT molecular complexity index is 815. The van der Waals surface area contributed by atoms with Crippen LogP contribution in [0.2, 0.25) is 0 Å². The molecule has 1 aromatic heterocycles. The highest BCUT2D eigenvalue weighted by Gasteiger charge is 2.14. The molecule has 0 aliphatic carbocycles. The molecule has 3 rings (SSSR count). The number of amides is 1. The van der Waals surface area contributed by atoms with Gasteiger partial charge in [0.25, 0.3) is 5.91 Å². The van der Waals surface area contributed by atoms with E-state index in [0.29, 0.717) is 16.9 Å². The van der Waals surface area contributed by atoms with E-state index in [2.05, 4.69) is 26.4 Å². The standard InChI is InChI=1S/C16H10BrFN2O2/c17-11-4-6-13(7-5-11)19-16(21)15-9-14(20-22-15)10-2-1-3-12(18)8-10/h1-9H,(H,19,21). The van der Waals surface area contributed by atoms with Crippen LogP contribution in [0.25, 0.3) is 11.3 Å². The summed E-state index contributed by atoms with van der Waals surface area (Å²) in [5.41, 5.74) is 1.59. The summed E-state index contributed by atoms with van der Waals surface area (Å²) in [4.78, 5) is 12.1. The Balaban J connectivity index is 1.78. The van der Waals surface area contributed by atoms with Gasteiger partial charge < -0.3 is 9.84 Å². The van der Waals surface area contributed by atoms with Gasteiger partial charge in [0, 0.05) is 21.8 Å². The average molecular weight is 361 g/mol. The first kappa shape index (κ1) is 14.5. The Kier molecular flexibility index (Phi) is 4.02. The third-order valence-electron chi connectivity index (χ3n) is 2.96. The molecule has 0 unspecified atom stereocenters. The van der Waals surface area contributed by atoms with Crippen molar-refractivity contribution in [3.8, 4) is 11.3 Å². The molecule has 0 saturated carbocycles. The van der Waals surface area contributed by atoms with Gasteiger partial charge >= 0.3 is 0 Å². The maximum Gasteiger partial charge on any atom is 0.294 e. The molecule has 1 amide bonds. The summed E-state index contributed by atoms with van der Waals surface area (Å²) in [7, 11) is 0. The van der Waals surface area contributed by atoms with Crippen molar-refractivity contribution in [1.29, 1.82) is 0 Å². The lowest BCUT2D eigenvalue weighted by molar-refractivity contribution is 0.0988. The summed E-state index contributed by atoms with van der Waals surface area (Å²) in [5, 5.41) is 6.49. The lowest BCUT2D eigenvalue weighted by Crippen LogP contribution is -2.10. The van der Waals surface area contributed by atoms with Crippen molar-refractivity contribution in [2.75, 3.05) is 5.32 Å². The van der Waals surface area contributed by atoms with Crippen molar-refractivity contribution in [3.05, 3.63) is 70.6 Å². The van der Waals surface area contributed by atoms with Crippen molar-refractivity contribution < 1.29 is 13.7 Å². The summed E-state index contributed by atoms with van der Waals surface area (Å²) in [6.45, 7) is 0. The number of anilines is 1. The quantitative estimate of drug-likeness (QED) is 0.748. The van der Waals surface area contributed by atoms with Crippen LogP contribution in [-0.4, -0.2) is 11.1 Å². The van der Waals surface area contributed by atoms with Crippen LogP contribution in [0.15, 0.2) is 63.6 Å². The second-order valence-corrected chi connectivity index (χ2v) is 5.46. The molecule has 3 aromatic rings. The van der Waals surface area contributed by atoms with Crippen LogP contribution in [0.5, 0.6) is 0 Å². The van der Waals surface area contributed by atoms with Gasteiger partial charge in [-0.15, -0.1) is 0 Å². The van der Waals surface area contributed by atoms with E-state index in [0.717, 1.165) is 4.47 Å². The number of hydrogen-bond donors (Lipinski definition) is 1. The molecule has 0 fully saturated rings. The number of hydrogen-bond acceptors (Lipinski definition) is 3. The highest BCUT2D eigenvalue weighted by Crippen LogP contribution is 2.21. The van der Waals surface area contributed by atoms with Crippen molar-refractivity contribution in [1.82, 2.24) is 5.16 Å².